The third-order valence-electron chi connectivity index (χ3n) is 5.42. The van der Waals surface area contributed by atoms with Crippen LogP contribution in [0.25, 0.3) is 21.9 Å². The largest absolute Gasteiger partial charge is 0.368 e. The zero-order valence-electron chi connectivity index (χ0n) is 15.1. The molecule has 0 radical (unpaired) electrons. The van der Waals surface area contributed by atoms with Gasteiger partial charge in [0.05, 0.1) is 5.52 Å². The van der Waals surface area contributed by atoms with Crippen molar-refractivity contribution in [2.75, 3.05) is 36.0 Å². The van der Waals surface area contributed by atoms with Gasteiger partial charge in [-0.25, -0.2) is 9.37 Å². The molecule has 6 heteroatoms. The van der Waals surface area contributed by atoms with Crippen molar-refractivity contribution in [2.45, 2.75) is 0 Å². The average molecular weight is 361 g/mol. The van der Waals surface area contributed by atoms with Crippen LogP contribution in [0, 0.1) is 5.82 Å². The van der Waals surface area contributed by atoms with Gasteiger partial charge in [-0.2, -0.15) is 0 Å². The Bertz CT molecular complexity index is 1110. The SMILES string of the molecule is Cn1c2ccncc2c2ccc(N3CCN(c4ccc(F)cc4)CC3)nc21. The van der Waals surface area contributed by atoms with Crippen LogP contribution in [0.2, 0.25) is 0 Å². The van der Waals surface area contributed by atoms with Gasteiger partial charge in [0.15, 0.2) is 0 Å². The number of fused-ring (bicyclic) bond motifs is 3. The lowest BCUT2D eigenvalue weighted by atomic mass is 10.2. The molecule has 0 unspecified atom stereocenters. The molecule has 0 saturated carbocycles. The maximum absolute atomic E-state index is 13.1. The van der Waals surface area contributed by atoms with Gasteiger partial charge in [0.1, 0.15) is 17.3 Å². The predicted octanol–water partition coefficient (Wildman–Crippen LogP) is 3.59. The normalized spacial score (nSPS) is 15.0. The van der Waals surface area contributed by atoms with Crippen LogP contribution in [-0.4, -0.2) is 40.7 Å². The molecule has 1 fully saturated rings. The summed E-state index contributed by atoms with van der Waals surface area (Å²) in [7, 11) is 2.05. The first-order valence-corrected chi connectivity index (χ1v) is 9.15. The minimum Gasteiger partial charge on any atom is -0.368 e. The molecule has 27 heavy (non-hydrogen) atoms. The lowest BCUT2D eigenvalue weighted by Crippen LogP contribution is -2.46. The summed E-state index contributed by atoms with van der Waals surface area (Å²) in [4.78, 5) is 13.8. The van der Waals surface area contributed by atoms with Crippen molar-refractivity contribution in [1.82, 2.24) is 14.5 Å². The third kappa shape index (κ3) is 2.68. The van der Waals surface area contributed by atoms with E-state index in [1.54, 1.807) is 0 Å². The Balaban J connectivity index is 1.41. The van der Waals surface area contributed by atoms with E-state index in [0.717, 1.165) is 59.6 Å². The van der Waals surface area contributed by atoms with Crippen LogP contribution in [0.1, 0.15) is 0 Å². The van der Waals surface area contributed by atoms with Crippen molar-refractivity contribution >= 4 is 33.4 Å². The van der Waals surface area contributed by atoms with Crippen molar-refractivity contribution in [3.63, 3.8) is 0 Å². The van der Waals surface area contributed by atoms with Crippen molar-refractivity contribution in [3.05, 3.63) is 60.7 Å². The first kappa shape index (κ1) is 16.1. The van der Waals surface area contributed by atoms with E-state index < -0.39 is 0 Å². The van der Waals surface area contributed by atoms with E-state index in [1.165, 1.54) is 12.1 Å². The first-order chi connectivity index (χ1) is 13.2. The van der Waals surface area contributed by atoms with Crippen molar-refractivity contribution in [3.8, 4) is 0 Å². The molecular formula is C21H20FN5. The summed E-state index contributed by atoms with van der Waals surface area (Å²) < 4.78 is 15.3. The average Bonchev–Trinajstić information content (AvgIpc) is 3.01. The molecule has 5 nitrogen and oxygen atoms in total. The molecule has 4 heterocycles. The molecule has 3 aromatic heterocycles. The lowest BCUT2D eigenvalue weighted by molar-refractivity contribution is 0.624. The van der Waals surface area contributed by atoms with Gasteiger partial charge >= 0.3 is 0 Å². The molecule has 0 atom stereocenters. The number of hydrogen-bond donors (Lipinski definition) is 0. The van der Waals surface area contributed by atoms with E-state index >= 15 is 0 Å². The van der Waals surface area contributed by atoms with E-state index in [4.69, 9.17) is 4.98 Å². The summed E-state index contributed by atoms with van der Waals surface area (Å²) in [5.41, 5.74) is 3.20. The zero-order chi connectivity index (χ0) is 18.4. The Hall–Kier alpha value is -3.15. The number of aryl methyl sites for hydroxylation is 1. The van der Waals surface area contributed by atoms with Gasteiger partial charge in [-0.15, -0.1) is 0 Å². The predicted molar refractivity (Wildman–Crippen MR) is 107 cm³/mol. The monoisotopic (exact) mass is 361 g/mol. The maximum Gasteiger partial charge on any atom is 0.143 e. The van der Waals surface area contributed by atoms with Gasteiger partial charge in [0.2, 0.25) is 0 Å². The number of nitrogens with zero attached hydrogens (tertiary/aromatic N) is 5. The van der Waals surface area contributed by atoms with Crippen LogP contribution >= 0.6 is 0 Å². The van der Waals surface area contributed by atoms with Crippen molar-refractivity contribution in [2.24, 2.45) is 7.05 Å². The van der Waals surface area contributed by atoms with Gasteiger partial charge in [0.25, 0.3) is 0 Å². The fraction of sp³-hybridized carbons (Fsp3) is 0.238. The fourth-order valence-electron chi connectivity index (χ4n) is 3.93. The highest BCUT2D eigenvalue weighted by atomic mass is 19.1. The summed E-state index contributed by atoms with van der Waals surface area (Å²) >= 11 is 0. The van der Waals surface area contributed by atoms with Crippen molar-refractivity contribution in [1.29, 1.82) is 0 Å². The van der Waals surface area contributed by atoms with Crippen molar-refractivity contribution < 1.29 is 4.39 Å². The van der Waals surface area contributed by atoms with Crippen LogP contribution < -0.4 is 9.80 Å². The number of anilines is 2. The molecule has 0 amide bonds. The molecule has 1 saturated heterocycles. The molecule has 4 aromatic rings. The van der Waals surface area contributed by atoms with Crippen LogP contribution in [0.5, 0.6) is 0 Å². The van der Waals surface area contributed by atoms with Gasteiger partial charge < -0.3 is 14.4 Å². The Kier molecular flexibility index (Phi) is 3.70. The smallest absolute Gasteiger partial charge is 0.143 e. The van der Waals surface area contributed by atoms with E-state index in [0.29, 0.717) is 0 Å². The first-order valence-electron chi connectivity index (χ1n) is 9.15. The number of pyridine rings is 2. The summed E-state index contributed by atoms with van der Waals surface area (Å²) in [5, 5.41) is 2.27. The molecular weight excluding hydrogens is 341 g/mol. The summed E-state index contributed by atoms with van der Waals surface area (Å²) in [6, 6.07) is 13.0. The second kappa shape index (κ2) is 6.23. The standard InChI is InChI=1S/C21H20FN5/c1-25-19-8-9-23-14-18(19)17-6-7-20(24-21(17)25)27-12-10-26(11-13-27)16-4-2-15(22)3-5-16/h2-9,14H,10-13H2,1H3. The number of hydrogen-bond acceptors (Lipinski definition) is 4. The van der Waals surface area contributed by atoms with Crippen LogP contribution in [0.15, 0.2) is 54.9 Å². The zero-order valence-corrected chi connectivity index (χ0v) is 15.1. The Labute approximate surface area is 156 Å². The Morgan fingerprint density at radius 3 is 2.37 bits per heavy atom. The summed E-state index contributed by atoms with van der Waals surface area (Å²) in [5.74, 6) is 0.806. The Morgan fingerprint density at radius 2 is 1.59 bits per heavy atom. The highest BCUT2D eigenvalue weighted by Gasteiger charge is 2.19. The highest BCUT2D eigenvalue weighted by Crippen LogP contribution is 2.28. The van der Waals surface area contributed by atoms with E-state index in [9.17, 15) is 4.39 Å². The van der Waals surface area contributed by atoms with E-state index in [-0.39, 0.29) is 5.82 Å². The molecule has 0 bridgehead atoms. The Morgan fingerprint density at radius 1 is 0.852 bits per heavy atom. The minimum absolute atomic E-state index is 0.194. The second-order valence-electron chi connectivity index (χ2n) is 6.94. The maximum atomic E-state index is 13.1. The van der Waals surface area contributed by atoms with E-state index in [1.807, 2.05) is 37.6 Å². The fourth-order valence-corrected chi connectivity index (χ4v) is 3.93. The quantitative estimate of drug-likeness (QED) is 0.547. The molecule has 0 aliphatic carbocycles. The van der Waals surface area contributed by atoms with E-state index in [2.05, 4.69) is 31.5 Å². The highest BCUT2D eigenvalue weighted by molar-refractivity contribution is 6.06. The summed E-state index contributed by atoms with van der Waals surface area (Å²) in [6.07, 6.45) is 3.72. The van der Waals surface area contributed by atoms with Crippen LogP contribution in [0.3, 0.4) is 0 Å². The number of piperazine rings is 1. The minimum atomic E-state index is -0.194. The second-order valence-corrected chi connectivity index (χ2v) is 6.94. The van der Waals surface area contributed by atoms with Crippen LogP contribution in [-0.2, 0) is 7.05 Å². The molecule has 0 N–H and O–H groups in total. The van der Waals surface area contributed by atoms with Gasteiger partial charge in [-0.1, -0.05) is 0 Å². The molecule has 1 aromatic carbocycles. The molecule has 0 spiro atoms. The number of aromatic nitrogens is 3. The third-order valence-corrected chi connectivity index (χ3v) is 5.42. The van der Waals surface area contributed by atoms with Gasteiger partial charge in [-0.3, -0.25) is 4.98 Å². The molecule has 5 rings (SSSR count). The molecule has 136 valence electrons. The molecule has 1 aliphatic heterocycles. The van der Waals surface area contributed by atoms with Crippen LogP contribution in [0.4, 0.5) is 15.9 Å². The number of benzene rings is 1. The molecule has 1 aliphatic rings. The number of halogens is 1. The van der Waals surface area contributed by atoms with Gasteiger partial charge in [-0.05, 0) is 42.5 Å². The summed E-state index contributed by atoms with van der Waals surface area (Å²) in [6.45, 7) is 3.57. The van der Waals surface area contributed by atoms with Gasteiger partial charge in [0, 0.05) is 62.1 Å². The lowest BCUT2D eigenvalue weighted by Gasteiger charge is -2.36. The number of rotatable bonds is 2. The topological polar surface area (TPSA) is 37.2 Å².